The molecule has 2 saturated heterocycles. The third kappa shape index (κ3) is 4.08. The van der Waals surface area contributed by atoms with Gasteiger partial charge in [0.1, 0.15) is 28.4 Å². The molecule has 174 valence electrons. The lowest BCUT2D eigenvalue weighted by atomic mass is 10.00. The van der Waals surface area contributed by atoms with E-state index in [9.17, 15) is 14.3 Å². The van der Waals surface area contributed by atoms with Gasteiger partial charge in [-0.2, -0.15) is 0 Å². The molecule has 4 atom stereocenters. The van der Waals surface area contributed by atoms with Crippen LogP contribution in [0, 0.1) is 5.82 Å². The Morgan fingerprint density at radius 2 is 2.25 bits per heavy atom. The summed E-state index contributed by atoms with van der Waals surface area (Å²) in [5.74, 6) is -1.05. The summed E-state index contributed by atoms with van der Waals surface area (Å²) in [5.41, 5.74) is -0.102. The van der Waals surface area contributed by atoms with Gasteiger partial charge < -0.3 is 19.9 Å². The molecule has 2 N–H and O–H groups in total. The van der Waals surface area contributed by atoms with E-state index < -0.39 is 17.8 Å². The Balaban J connectivity index is 1.60. The number of rotatable bonds is 6. The first-order valence-corrected chi connectivity index (χ1v) is 11.9. The van der Waals surface area contributed by atoms with E-state index >= 15 is 0 Å². The molecule has 0 aliphatic carbocycles. The third-order valence-electron chi connectivity index (χ3n) is 6.14. The van der Waals surface area contributed by atoms with Crippen LogP contribution in [0.5, 0.6) is 11.6 Å². The Kier molecular flexibility index (Phi) is 6.92. The standard InChI is InChI=1S/C21H25BrClFN4O4/c1-3-4-7-31-21(30)28-11-5-6-12(28)17(25-8-11)10(2)32-19-13-18(26-9-27-20(13)29)16(24)14(22)15(19)23/h9-12,17,25H,3-8H2,1-2H3,(H,26,27,29)/t10-,11+,12-,17+/m0/s1. The number of aromatic hydroxyl groups is 1. The summed E-state index contributed by atoms with van der Waals surface area (Å²) in [5, 5.41) is 13.7. The molecule has 0 unspecified atom stereocenters. The number of piperazine rings is 1. The Labute approximate surface area is 198 Å². The van der Waals surface area contributed by atoms with Crippen molar-refractivity contribution in [1.29, 1.82) is 0 Å². The van der Waals surface area contributed by atoms with Gasteiger partial charge in [-0.25, -0.2) is 19.2 Å². The molecule has 1 aromatic heterocycles. The maximum absolute atomic E-state index is 14.6. The lowest BCUT2D eigenvalue weighted by Crippen LogP contribution is -2.63. The molecule has 3 heterocycles. The number of nitrogens with zero attached hydrogens (tertiary/aromatic N) is 3. The summed E-state index contributed by atoms with van der Waals surface area (Å²) in [6.07, 6.45) is 3.77. The highest BCUT2D eigenvalue weighted by Crippen LogP contribution is 2.44. The number of nitrogens with one attached hydrogen (secondary N) is 1. The zero-order valence-corrected chi connectivity index (χ0v) is 20.1. The van der Waals surface area contributed by atoms with Crippen molar-refractivity contribution in [3.63, 3.8) is 0 Å². The van der Waals surface area contributed by atoms with E-state index in [4.69, 9.17) is 21.1 Å². The van der Waals surface area contributed by atoms with Crippen LogP contribution in [-0.2, 0) is 4.74 Å². The number of fused-ring (bicyclic) bond motifs is 3. The minimum absolute atomic E-state index is 0.000916. The van der Waals surface area contributed by atoms with Crippen LogP contribution < -0.4 is 10.1 Å². The molecule has 2 aromatic rings. The lowest BCUT2D eigenvalue weighted by Gasteiger charge is -2.42. The van der Waals surface area contributed by atoms with Gasteiger partial charge in [-0.15, -0.1) is 0 Å². The number of hydrogen-bond acceptors (Lipinski definition) is 7. The van der Waals surface area contributed by atoms with Crippen LogP contribution in [0.15, 0.2) is 10.8 Å². The maximum Gasteiger partial charge on any atom is 0.410 e. The average Bonchev–Trinajstić information content (AvgIpc) is 3.07. The molecule has 11 heteroatoms. The monoisotopic (exact) mass is 530 g/mol. The van der Waals surface area contributed by atoms with Gasteiger partial charge in [-0.1, -0.05) is 24.9 Å². The van der Waals surface area contributed by atoms with Crippen LogP contribution in [0.25, 0.3) is 10.9 Å². The van der Waals surface area contributed by atoms with E-state index in [-0.39, 0.29) is 50.4 Å². The molecule has 2 fully saturated rings. The van der Waals surface area contributed by atoms with Crippen molar-refractivity contribution in [2.45, 2.75) is 63.8 Å². The van der Waals surface area contributed by atoms with Crippen LogP contribution in [0.4, 0.5) is 9.18 Å². The fourth-order valence-corrected chi connectivity index (χ4v) is 5.14. The van der Waals surface area contributed by atoms with Gasteiger partial charge in [0.05, 0.1) is 23.2 Å². The van der Waals surface area contributed by atoms with E-state index in [1.165, 1.54) is 0 Å². The Bertz CT molecular complexity index is 1030. The Hall–Kier alpha value is -1.91. The van der Waals surface area contributed by atoms with Crippen LogP contribution in [0.2, 0.25) is 5.02 Å². The molecule has 2 aliphatic heterocycles. The van der Waals surface area contributed by atoms with Crippen molar-refractivity contribution in [1.82, 2.24) is 20.2 Å². The quantitative estimate of drug-likeness (QED) is 0.421. The highest BCUT2D eigenvalue weighted by molar-refractivity contribution is 9.10. The molecule has 0 radical (unpaired) electrons. The number of halogens is 3. The van der Waals surface area contributed by atoms with Gasteiger partial charge >= 0.3 is 6.09 Å². The van der Waals surface area contributed by atoms with Crippen molar-refractivity contribution in [2.24, 2.45) is 0 Å². The van der Waals surface area contributed by atoms with E-state index in [0.717, 1.165) is 32.0 Å². The largest absolute Gasteiger partial charge is 0.493 e. The smallest absolute Gasteiger partial charge is 0.410 e. The SMILES string of the molecule is CCCCOC(=O)N1[C@@H]2CC[C@H]1[C@@H]([C@H](C)Oc1c(Cl)c(Br)c(F)c3ncnc(O)c13)NC2. The third-order valence-corrected chi connectivity index (χ3v) is 7.47. The zero-order chi connectivity index (χ0) is 23.0. The molecule has 0 saturated carbocycles. The van der Waals surface area contributed by atoms with Crippen molar-refractivity contribution < 1.29 is 23.8 Å². The average molecular weight is 532 g/mol. The number of carbonyl (C=O) groups is 1. The number of hydrogen-bond donors (Lipinski definition) is 2. The number of ether oxygens (including phenoxy) is 2. The summed E-state index contributed by atoms with van der Waals surface area (Å²) in [6, 6.07) is -0.245. The molecule has 2 aliphatic rings. The predicted octanol–water partition coefficient (Wildman–Crippen LogP) is 4.40. The minimum Gasteiger partial charge on any atom is -0.493 e. The molecule has 4 rings (SSSR count). The summed E-state index contributed by atoms with van der Waals surface area (Å²) >= 11 is 9.52. The van der Waals surface area contributed by atoms with Crippen LogP contribution in [0.3, 0.4) is 0 Å². The van der Waals surface area contributed by atoms with Gasteiger partial charge in [0.2, 0.25) is 5.88 Å². The second-order valence-electron chi connectivity index (χ2n) is 8.12. The van der Waals surface area contributed by atoms with Crippen molar-refractivity contribution >= 4 is 44.5 Å². The van der Waals surface area contributed by atoms with E-state index in [0.29, 0.717) is 13.2 Å². The predicted molar refractivity (Wildman–Crippen MR) is 121 cm³/mol. The molecule has 1 aromatic carbocycles. The number of benzene rings is 1. The van der Waals surface area contributed by atoms with Crippen molar-refractivity contribution in [3.8, 4) is 11.6 Å². The summed E-state index contributed by atoms with van der Waals surface area (Å²) in [7, 11) is 0. The van der Waals surface area contributed by atoms with Gasteiger partial charge in [0.25, 0.3) is 0 Å². The van der Waals surface area contributed by atoms with Gasteiger partial charge in [-0.05, 0) is 42.1 Å². The molecule has 32 heavy (non-hydrogen) atoms. The normalized spacial score (nSPS) is 23.4. The van der Waals surface area contributed by atoms with E-state index in [1.807, 2.05) is 18.7 Å². The van der Waals surface area contributed by atoms with Crippen LogP contribution in [-0.4, -0.2) is 63.4 Å². The number of amides is 1. The number of unbranched alkanes of at least 4 members (excludes halogenated alkanes) is 1. The number of aromatic nitrogens is 2. The molecular formula is C21H25BrClFN4O4. The van der Waals surface area contributed by atoms with E-state index in [1.54, 1.807) is 0 Å². The summed E-state index contributed by atoms with van der Waals surface area (Å²) in [4.78, 5) is 22.2. The van der Waals surface area contributed by atoms with Gasteiger partial charge in [0, 0.05) is 12.6 Å². The highest BCUT2D eigenvalue weighted by atomic mass is 79.9. The minimum atomic E-state index is -0.710. The van der Waals surface area contributed by atoms with Crippen LogP contribution >= 0.6 is 27.5 Å². The van der Waals surface area contributed by atoms with E-state index in [2.05, 4.69) is 31.2 Å². The van der Waals surface area contributed by atoms with Gasteiger partial charge in [0.15, 0.2) is 11.6 Å². The highest BCUT2D eigenvalue weighted by Gasteiger charge is 2.48. The molecular weight excluding hydrogens is 507 g/mol. The maximum atomic E-state index is 14.6. The summed E-state index contributed by atoms with van der Waals surface area (Å²) in [6.45, 7) is 4.91. The lowest BCUT2D eigenvalue weighted by molar-refractivity contribution is 0.0379. The second kappa shape index (κ2) is 9.52. The van der Waals surface area contributed by atoms with Crippen LogP contribution in [0.1, 0.15) is 39.5 Å². The molecule has 1 amide bonds. The second-order valence-corrected chi connectivity index (χ2v) is 9.29. The fourth-order valence-electron chi connectivity index (χ4n) is 4.55. The van der Waals surface area contributed by atoms with Crippen molar-refractivity contribution in [2.75, 3.05) is 13.2 Å². The first-order valence-electron chi connectivity index (χ1n) is 10.7. The van der Waals surface area contributed by atoms with Crippen molar-refractivity contribution in [3.05, 3.63) is 21.6 Å². The molecule has 2 bridgehead atoms. The topological polar surface area (TPSA) is 96.8 Å². The van der Waals surface area contributed by atoms with Gasteiger partial charge in [-0.3, -0.25) is 4.90 Å². The first-order chi connectivity index (χ1) is 15.3. The molecule has 8 nitrogen and oxygen atoms in total. The fraction of sp³-hybridized carbons (Fsp3) is 0.571. The first kappa shape index (κ1) is 23.3. The zero-order valence-electron chi connectivity index (χ0n) is 17.8. The Morgan fingerprint density at radius 1 is 1.47 bits per heavy atom. The summed E-state index contributed by atoms with van der Waals surface area (Å²) < 4.78 is 26.3. The Morgan fingerprint density at radius 3 is 3.00 bits per heavy atom. The number of carbonyl (C=O) groups excluding carboxylic acids is 1. The molecule has 0 spiro atoms.